The molecule has 4 N–H and O–H groups in total. The van der Waals surface area contributed by atoms with E-state index in [1.165, 1.54) is 34.1 Å². The van der Waals surface area contributed by atoms with Gasteiger partial charge in [0, 0.05) is 49.4 Å². The average molecular weight is 673 g/mol. The predicted molar refractivity (Wildman–Crippen MR) is 181 cm³/mol. The zero-order valence-corrected chi connectivity index (χ0v) is 27.0. The molecular formula is C30H32N4O6S4. The van der Waals surface area contributed by atoms with Gasteiger partial charge in [-0.05, 0) is 49.9 Å². The van der Waals surface area contributed by atoms with E-state index in [2.05, 4.69) is 10.6 Å². The van der Waals surface area contributed by atoms with E-state index >= 15 is 0 Å². The number of thioether (sulfide) groups is 2. The van der Waals surface area contributed by atoms with E-state index in [9.17, 15) is 29.4 Å². The summed E-state index contributed by atoms with van der Waals surface area (Å²) in [6.07, 6.45) is 4.57. The molecule has 0 aliphatic carbocycles. The molecule has 0 spiro atoms. The van der Waals surface area contributed by atoms with Gasteiger partial charge < -0.3 is 20.8 Å². The Morgan fingerprint density at radius 1 is 0.659 bits per heavy atom. The number of carbonyl (C=O) groups is 4. The van der Waals surface area contributed by atoms with Crippen molar-refractivity contribution in [3.05, 3.63) is 58.3 Å². The molecule has 0 unspecified atom stereocenters. The Kier molecular flexibility index (Phi) is 12.2. The molecule has 0 radical (unpaired) electrons. The molecule has 2 aromatic carbocycles. The number of aromatic hydroxyl groups is 2. The Morgan fingerprint density at radius 3 is 1.45 bits per heavy atom. The summed E-state index contributed by atoms with van der Waals surface area (Å²) in [5.74, 6) is -0.762. The summed E-state index contributed by atoms with van der Waals surface area (Å²) in [5, 5.41) is 24.5. The summed E-state index contributed by atoms with van der Waals surface area (Å²) in [4.78, 5) is 54.2. The third-order valence-corrected chi connectivity index (χ3v) is 9.76. The fraction of sp³-hybridized carbons (Fsp3) is 0.333. The minimum atomic E-state index is -0.306. The highest BCUT2D eigenvalue weighted by atomic mass is 32.2. The monoisotopic (exact) mass is 672 g/mol. The molecule has 2 heterocycles. The minimum absolute atomic E-state index is 0.0787. The molecule has 2 aliphatic rings. The third-order valence-electron chi connectivity index (χ3n) is 6.74. The van der Waals surface area contributed by atoms with Crippen molar-refractivity contribution >= 4 is 91.6 Å². The van der Waals surface area contributed by atoms with Crippen molar-refractivity contribution in [2.75, 3.05) is 23.7 Å². The molecule has 0 atom stereocenters. The molecule has 0 aromatic heterocycles. The van der Waals surface area contributed by atoms with Crippen molar-refractivity contribution in [2.45, 2.75) is 51.4 Å². The maximum absolute atomic E-state index is 13.2. The van der Waals surface area contributed by atoms with Crippen molar-refractivity contribution in [3.8, 4) is 11.5 Å². The van der Waals surface area contributed by atoms with Crippen LogP contribution in [0.2, 0.25) is 0 Å². The van der Waals surface area contributed by atoms with Crippen LogP contribution in [0.4, 0.5) is 11.4 Å². The first kappa shape index (κ1) is 33.4. The largest absolute Gasteiger partial charge is 0.508 e. The normalized spacial score (nSPS) is 16.6. The van der Waals surface area contributed by atoms with Crippen LogP contribution in [0.3, 0.4) is 0 Å². The summed E-state index contributed by atoms with van der Waals surface area (Å²) in [5.41, 5.74) is 1.06. The van der Waals surface area contributed by atoms with Gasteiger partial charge in [0.15, 0.2) is 0 Å². The molecule has 0 bridgehead atoms. The smallest absolute Gasteiger partial charge is 0.267 e. The van der Waals surface area contributed by atoms with Crippen LogP contribution in [0.5, 0.6) is 11.5 Å². The van der Waals surface area contributed by atoms with Crippen LogP contribution in [0.15, 0.2) is 58.3 Å². The molecule has 14 heteroatoms. The molecule has 4 amide bonds. The first-order chi connectivity index (χ1) is 21.1. The third kappa shape index (κ3) is 9.27. The van der Waals surface area contributed by atoms with Crippen LogP contribution in [0, 0.1) is 0 Å². The number of unbranched alkanes of at least 4 members (excludes halogenated alkanes) is 4. The molecule has 44 heavy (non-hydrogen) atoms. The molecule has 2 aromatic rings. The Balaban J connectivity index is 1.17. The van der Waals surface area contributed by atoms with Crippen LogP contribution >= 0.6 is 48.0 Å². The number of benzene rings is 2. The number of thiocarbonyl (C=S) groups is 2. The van der Waals surface area contributed by atoms with E-state index in [0.717, 1.165) is 23.5 Å². The second-order valence-corrected chi connectivity index (χ2v) is 13.4. The number of phenols is 2. The quantitative estimate of drug-likeness (QED) is 0.112. The predicted octanol–water partition coefficient (Wildman–Crippen LogP) is 5.73. The van der Waals surface area contributed by atoms with Gasteiger partial charge in [0.1, 0.15) is 20.1 Å². The summed E-state index contributed by atoms with van der Waals surface area (Å²) >= 11 is 13.1. The molecule has 232 valence electrons. The summed E-state index contributed by atoms with van der Waals surface area (Å²) in [6.45, 7) is 0.781. The van der Waals surface area contributed by atoms with Crippen LogP contribution in [-0.4, -0.2) is 65.4 Å². The maximum Gasteiger partial charge on any atom is 0.267 e. The number of phenolic OH excluding ortho intramolecular Hbond substituents is 2. The van der Waals surface area contributed by atoms with Crippen molar-refractivity contribution < 1.29 is 29.4 Å². The minimum Gasteiger partial charge on any atom is -0.508 e. The molecule has 10 nitrogen and oxygen atoms in total. The summed E-state index contributed by atoms with van der Waals surface area (Å²) in [7, 11) is 0. The SMILES string of the molecule is O=C(CCCCCN1C(=O)C(=C2SC(=S)N(CCCCCC(=O)Nc3cccc(O)c3)C2=O)SC1=S)Nc1cccc(O)c1. The van der Waals surface area contributed by atoms with Gasteiger partial charge in [0.25, 0.3) is 11.8 Å². The number of nitrogens with one attached hydrogen (secondary N) is 2. The lowest BCUT2D eigenvalue weighted by Crippen LogP contribution is -2.31. The average Bonchev–Trinajstić information content (AvgIpc) is 3.41. The van der Waals surface area contributed by atoms with Crippen LogP contribution in [-0.2, 0) is 19.2 Å². The van der Waals surface area contributed by atoms with Gasteiger partial charge in [-0.15, -0.1) is 0 Å². The highest BCUT2D eigenvalue weighted by Gasteiger charge is 2.41. The number of rotatable bonds is 14. The van der Waals surface area contributed by atoms with E-state index in [1.54, 1.807) is 24.3 Å². The number of amides is 4. The second kappa shape index (κ2) is 16.0. The van der Waals surface area contributed by atoms with Gasteiger partial charge in [-0.1, -0.05) is 72.9 Å². The number of hydrogen-bond donors (Lipinski definition) is 4. The molecular weight excluding hydrogens is 641 g/mol. The van der Waals surface area contributed by atoms with Gasteiger partial charge in [-0.2, -0.15) is 0 Å². The number of nitrogens with zero attached hydrogens (tertiary/aromatic N) is 2. The van der Waals surface area contributed by atoms with Crippen molar-refractivity contribution in [1.29, 1.82) is 0 Å². The molecule has 2 saturated heterocycles. The molecule has 0 saturated carbocycles. The van der Waals surface area contributed by atoms with E-state index in [-0.39, 0.29) is 35.1 Å². The van der Waals surface area contributed by atoms with Gasteiger partial charge in [-0.3, -0.25) is 29.0 Å². The fourth-order valence-corrected chi connectivity index (χ4v) is 7.31. The van der Waals surface area contributed by atoms with Gasteiger partial charge >= 0.3 is 0 Å². The number of hydrogen-bond acceptors (Lipinski definition) is 10. The zero-order valence-electron chi connectivity index (χ0n) is 23.7. The Bertz CT molecular complexity index is 1390. The summed E-state index contributed by atoms with van der Waals surface area (Å²) in [6, 6.07) is 12.7. The molecule has 4 rings (SSSR count). The fourth-order valence-electron chi connectivity index (χ4n) is 4.53. The van der Waals surface area contributed by atoms with E-state index in [4.69, 9.17) is 24.4 Å². The van der Waals surface area contributed by atoms with E-state index in [1.807, 2.05) is 0 Å². The van der Waals surface area contributed by atoms with Gasteiger partial charge in [0.2, 0.25) is 11.8 Å². The van der Waals surface area contributed by atoms with Gasteiger partial charge in [0.05, 0.1) is 9.81 Å². The standard InChI is InChI=1S/C30H32N4O6S4/c35-21-11-7-9-19(17-21)31-23(37)13-3-1-5-15-33-27(39)25(43-29(33)41)26-28(40)34(30(42)44-26)16-6-2-4-14-24(38)32-20-10-8-12-22(36)18-20/h7-12,17-18,35-36H,1-6,13-16H2,(H,31,37)(H,32,38). The Hall–Kier alpha value is -3.46. The second-order valence-electron chi connectivity index (χ2n) is 10.1. The first-order valence-corrected chi connectivity index (χ1v) is 16.6. The lowest BCUT2D eigenvalue weighted by molar-refractivity contribution is -0.124. The van der Waals surface area contributed by atoms with Crippen molar-refractivity contribution in [3.63, 3.8) is 0 Å². The summed E-state index contributed by atoms with van der Waals surface area (Å²) < 4.78 is 0.779. The Morgan fingerprint density at radius 2 is 1.07 bits per heavy atom. The van der Waals surface area contributed by atoms with E-state index in [0.29, 0.717) is 94.3 Å². The Labute approximate surface area is 274 Å². The van der Waals surface area contributed by atoms with Crippen LogP contribution in [0.1, 0.15) is 51.4 Å². The molecule has 2 fully saturated rings. The number of anilines is 2. The van der Waals surface area contributed by atoms with Crippen molar-refractivity contribution in [2.24, 2.45) is 0 Å². The van der Waals surface area contributed by atoms with Crippen LogP contribution in [0.25, 0.3) is 0 Å². The maximum atomic E-state index is 13.2. The van der Waals surface area contributed by atoms with Crippen molar-refractivity contribution in [1.82, 2.24) is 9.80 Å². The van der Waals surface area contributed by atoms with Crippen LogP contribution < -0.4 is 10.6 Å². The molecule has 2 aliphatic heterocycles. The number of carbonyl (C=O) groups excluding carboxylic acids is 4. The highest BCUT2D eigenvalue weighted by Crippen LogP contribution is 2.42. The van der Waals surface area contributed by atoms with Gasteiger partial charge in [-0.25, -0.2) is 0 Å². The lowest BCUT2D eigenvalue weighted by Gasteiger charge is -2.14. The lowest BCUT2D eigenvalue weighted by atomic mass is 10.1. The van der Waals surface area contributed by atoms with E-state index < -0.39 is 0 Å². The topological polar surface area (TPSA) is 139 Å². The highest BCUT2D eigenvalue weighted by molar-refractivity contribution is 8.29. The zero-order chi connectivity index (χ0) is 31.6. The first-order valence-electron chi connectivity index (χ1n) is 14.1.